The van der Waals surface area contributed by atoms with Crippen molar-refractivity contribution in [3.8, 4) is 0 Å². The van der Waals surface area contributed by atoms with Gasteiger partial charge < -0.3 is 10.0 Å². The lowest BCUT2D eigenvalue weighted by atomic mass is 10.1. The molecule has 1 N–H and O–H groups in total. The second kappa shape index (κ2) is 7.07. The number of carbonyl (C=O) groups excluding carboxylic acids is 1. The maximum absolute atomic E-state index is 12.3. The van der Waals surface area contributed by atoms with E-state index in [0.29, 0.717) is 13.0 Å². The number of benzene rings is 1. The Morgan fingerprint density at radius 3 is 2.57 bits per heavy atom. The molecule has 0 spiro atoms. The van der Waals surface area contributed by atoms with E-state index < -0.39 is 12.0 Å². The van der Waals surface area contributed by atoms with Crippen molar-refractivity contribution in [2.75, 3.05) is 6.54 Å². The van der Waals surface area contributed by atoms with Crippen molar-refractivity contribution in [3.63, 3.8) is 0 Å². The van der Waals surface area contributed by atoms with Gasteiger partial charge in [-0.2, -0.15) is 0 Å². The van der Waals surface area contributed by atoms with E-state index in [1.54, 1.807) is 6.08 Å². The van der Waals surface area contributed by atoms with Gasteiger partial charge in [-0.05, 0) is 31.4 Å². The number of aliphatic carboxylic acids is 1. The number of likely N-dealkylation sites (tertiary alicyclic amines) is 1. The molecule has 0 aliphatic carbocycles. The summed E-state index contributed by atoms with van der Waals surface area (Å²) in [6, 6.07) is 7.15. The van der Waals surface area contributed by atoms with Crippen molar-refractivity contribution in [2.45, 2.75) is 38.6 Å². The molecule has 21 heavy (non-hydrogen) atoms. The van der Waals surface area contributed by atoms with Gasteiger partial charge in [-0.15, -0.1) is 0 Å². The van der Waals surface area contributed by atoms with E-state index in [-0.39, 0.29) is 5.91 Å². The Labute approximate surface area is 125 Å². The first-order valence-corrected chi connectivity index (χ1v) is 7.36. The van der Waals surface area contributed by atoms with Crippen LogP contribution in [0.5, 0.6) is 0 Å². The number of nitrogens with zero attached hydrogens (tertiary/aromatic N) is 1. The topological polar surface area (TPSA) is 57.6 Å². The Morgan fingerprint density at radius 2 is 1.90 bits per heavy atom. The van der Waals surface area contributed by atoms with Crippen LogP contribution in [0.15, 0.2) is 30.3 Å². The third-order valence-corrected chi connectivity index (χ3v) is 3.82. The summed E-state index contributed by atoms with van der Waals surface area (Å²) in [6.07, 6.45) is 6.47. The highest BCUT2D eigenvalue weighted by Crippen LogP contribution is 2.18. The van der Waals surface area contributed by atoms with E-state index in [1.807, 2.05) is 31.2 Å². The Kier molecular flexibility index (Phi) is 5.14. The summed E-state index contributed by atoms with van der Waals surface area (Å²) in [7, 11) is 0. The molecule has 1 aliphatic heterocycles. The molecule has 4 heteroatoms. The van der Waals surface area contributed by atoms with Crippen molar-refractivity contribution in [1.82, 2.24) is 4.90 Å². The zero-order valence-electron chi connectivity index (χ0n) is 12.3. The maximum atomic E-state index is 12.3. The fourth-order valence-corrected chi connectivity index (χ4v) is 2.57. The summed E-state index contributed by atoms with van der Waals surface area (Å²) in [4.78, 5) is 25.1. The third kappa shape index (κ3) is 4.18. The lowest BCUT2D eigenvalue weighted by Gasteiger charge is -2.25. The van der Waals surface area contributed by atoms with E-state index in [4.69, 9.17) is 0 Å². The van der Waals surface area contributed by atoms with Crippen molar-refractivity contribution in [1.29, 1.82) is 0 Å². The Hall–Kier alpha value is -2.10. The highest BCUT2D eigenvalue weighted by Gasteiger charge is 2.29. The molecule has 2 rings (SSSR count). The van der Waals surface area contributed by atoms with Crippen molar-refractivity contribution < 1.29 is 14.7 Å². The molecule has 1 heterocycles. The molecule has 1 atom stereocenters. The molecule has 0 aromatic heterocycles. The molecule has 0 saturated carbocycles. The maximum Gasteiger partial charge on any atom is 0.326 e. The number of carbonyl (C=O) groups is 2. The minimum atomic E-state index is -0.908. The summed E-state index contributed by atoms with van der Waals surface area (Å²) >= 11 is 0. The number of rotatable bonds is 3. The van der Waals surface area contributed by atoms with Gasteiger partial charge in [0.05, 0.1) is 0 Å². The van der Waals surface area contributed by atoms with Crippen molar-refractivity contribution >= 4 is 18.0 Å². The smallest absolute Gasteiger partial charge is 0.326 e. The van der Waals surface area contributed by atoms with Crippen LogP contribution in [-0.2, 0) is 9.59 Å². The molecule has 4 nitrogen and oxygen atoms in total. The second-order valence-electron chi connectivity index (χ2n) is 5.48. The molecule has 1 fully saturated rings. The molecule has 0 radical (unpaired) electrons. The molecule has 1 saturated heterocycles. The fraction of sp³-hybridized carbons (Fsp3) is 0.412. The summed E-state index contributed by atoms with van der Waals surface area (Å²) in [5.41, 5.74) is 2.10. The minimum Gasteiger partial charge on any atom is -0.480 e. The van der Waals surface area contributed by atoms with E-state index in [9.17, 15) is 14.7 Å². The van der Waals surface area contributed by atoms with Crippen LogP contribution in [0.2, 0.25) is 0 Å². The fourth-order valence-electron chi connectivity index (χ4n) is 2.57. The third-order valence-electron chi connectivity index (χ3n) is 3.82. The van der Waals surface area contributed by atoms with Crippen molar-refractivity contribution in [2.24, 2.45) is 0 Å². The summed E-state index contributed by atoms with van der Waals surface area (Å²) in [5.74, 6) is -1.13. The molecule has 0 bridgehead atoms. The monoisotopic (exact) mass is 287 g/mol. The van der Waals surface area contributed by atoms with E-state index >= 15 is 0 Å². The normalized spacial score (nSPS) is 19.5. The van der Waals surface area contributed by atoms with E-state index in [2.05, 4.69) is 0 Å². The SMILES string of the molecule is Cc1ccc(C=CC(=O)N2CCCCCC2C(=O)O)cc1. The van der Waals surface area contributed by atoms with Crippen LogP contribution in [0.25, 0.3) is 6.08 Å². The first-order valence-electron chi connectivity index (χ1n) is 7.36. The molecular formula is C17H21NO3. The van der Waals surface area contributed by atoms with Crippen molar-refractivity contribution in [3.05, 3.63) is 41.5 Å². The lowest BCUT2D eigenvalue weighted by molar-refractivity contribution is -0.148. The number of carboxylic acids is 1. The van der Waals surface area contributed by atoms with Crippen LogP contribution in [0.1, 0.15) is 36.8 Å². The first kappa shape index (κ1) is 15.3. The van der Waals surface area contributed by atoms with E-state index in [1.165, 1.54) is 11.0 Å². The number of aryl methyl sites for hydroxylation is 1. The molecular weight excluding hydrogens is 266 g/mol. The van der Waals surface area contributed by atoms with Crippen LogP contribution >= 0.6 is 0 Å². The number of hydrogen-bond acceptors (Lipinski definition) is 2. The molecule has 1 unspecified atom stereocenters. The van der Waals surface area contributed by atoms with E-state index in [0.717, 1.165) is 30.4 Å². The second-order valence-corrected chi connectivity index (χ2v) is 5.48. The van der Waals surface area contributed by atoms with Gasteiger partial charge in [0, 0.05) is 12.6 Å². The molecule has 1 aromatic carbocycles. The highest BCUT2D eigenvalue weighted by molar-refractivity contribution is 5.94. The van der Waals surface area contributed by atoms with Gasteiger partial charge in [-0.3, -0.25) is 4.79 Å². The minimum absolute atomic E-state index is 0.218. The Morgan fingerprint density at radius 1 is 1.19 bits per heavy atom. The van der Waals surface area contributed by atoms with Gasteiger partial charge in [-0.25, -0.2) is 4.79 Å². The zero-order chi connectivity index (χ0) is 15.2. The van der Waals surface area contributed by atoms with Crippen LogP contribution in [0.4, 0.5) is 0 Å². The van der Waals surface area contributed by atoms with Gasteiger partial charge >= 0.3 is 5.97 Å². The van der Waals surface area contributed by atoms with Gasteiger partial charge in [0.15, 0.2) is 0 Å². The number of carboxylic acid groups (broad SMARTS) is 1. The molecule has 1 aromatic rings. The quantitative estimate of drug-likeness (QED) is 0.870. The van der Waals surface area contributed by atoms with Gasteiger partial charge in [0.1, 0.15) is 6.04 Å². The van der Waals surface area contributed by atoms with Gasteiger partial charge in [0.25, 0.3) is 0 Å². The predicted molar refractivity (Wildman–Crippen MR) is 81.8 cm³/mol. The van der Waals surface area contributed by atoms with Gasteiger partial charge in [0.2, 0.25) is 5.91 Å². The Bertz CT molecular complexity index is 533. The summed E-state index contributed by atoms with van der Waals surface area (Å²) in [5, 5.41) is 9.28. The zero-order valence-corrected chi connectivity index (χ0v) is 12.3. The standard InChI is InChI=1S/C17H21NO3/c1-13-6-8-14(9-7-13)10-11-16(19)18-12-4-2-3-5-15(18)17(20)21/h6-11,15H,2-5,12H2,1H3,(H,20,21). The number of hydrogen-bond donors (Lipinski definition) is 1. The average Bonchev–Trinajstić information content (AvgIpc) is 2.72. The molecule has 112 valence electrons. The Balaban J connectivity index is 2.09. The first-order chi connectivity index (χ1) is 10.1. The predicted octanol–water partition coefficient (Wildman–Crippen LogP) is 2.86. The van der Waals surface area contributed by atoms with Crippen LogP contribution < -0.4 is 0 Å². The molecule has 1 amide bonds. The van der Waals surface area contributed by atoms with Gasteiger partial charge in [-0.1, -0.05) is 42.7 Å². The molecule has 1 aliphatic rings. The lowest BCUT2D eigenvalue weighted by Crippen LogP contribution is -2.43. The van der Waals surface area contributed by atoms with Crippen LogP contribution in [0.3, 0.4) is 0 Å². The summed E-state index contributed by atoms with van der Waals surface area (Å²) in [6.45, 7) is 2.53. The number of amides is 1. The highest BCUT2D eigenvalue weighted by atomic mass is 16.4. The summed E-state index contributed by atoms with van der Waals surface area (Å²) < 4.78 is 0. The average molecular weight is 287 g/mol. The largest absolute Gasteiger partial charge is 0.480 e. The van der Waals surface area contributed by atoms with Crippen LogP contribution in [-0.4, -0.2) is 34.5 Å². The van der Waals surface area contributed by atoms with Crippen LogP contribution in [0, 0.1) is 6.92 Å².